The van der Waals surface area contributed by atoms with Gasteiger partial charge < -0.3 is 14.9 Å². The van der Waals surface area contributed by atoms with Crippen LogP contribution in [-0.2, 0) is 9.53 Å². The number of fused-ring (bicyclic) bond motifs is 3. The largest absolute Gasteiger partial charge is 0.481 e. The van der Waals surface area contributed by atoms with Gasteiger partial charge in [-0.05, 0) is 125 Å². The zero-order valence-corrected chi connectivity index (χ0v) is 22.9. The second-order valence-corrected chi connectivity index (χ2v) is 14.2. The molecule has 194 valence electrons. The molecule has 9 atom stereocenters. The fourth-order valence-electron chi connectivity index (χ4n) is 10.0. The van der Waals surface area contributed by atoms with Crippen LogP contribution in [0.5, 0.6) is 0 Å². The van der Waals surface area contributed by atoms with E-state index in [0.29, 0.717) is 23.7 Å². The van der Waals surface area contributed by atoms with Gasteiger partial charge in [-0.15, -0.1) is 0 Å². The summed E-state index contributed by atoms with van der Waals surface area (Å²) in [7, 11) is 0. The van der Waals surface area contributed by atoms with Crippen LogP contribution in [0.3, 0.4) is 0 Å². The van der Waals surface area contributed by atoms with Gasteiger partial charge in [-0.3, -0.25) is 4.79 Å². The van der Waals surface area contributed by atoms with E-state index in [1.165, 1.54) is 37.7 Å². The molecule has 1 heterocycles. The third-order valence-corrected chi connectivity index (χ3v) is 12.0. The Hall–Kier alpha value is -0.870. The van der Waals surface area contributed by atoms with Crippen molar-refractivity contribution in [2.75, 3.05) is 0 Å². The fourth-order valence-corrected chi connectivity index (χ4v) is 10.0. The van der Waals surface area contributed by atoms with Gasteiger partial charge >= 0.3 is 5.97 Å². The third-order valence-electron chi connectivity index (χ3n) is 12.0. The molecule has 0 amide bonds. The smallest absolute Gasteiger partial charge is 0.303 e. The molecule has 0 aromatic rings. The molecule has 2 N–H and O–H groups in total. The van der Waals surface area contributed by atoms with Crippen molar-refractivity contribution in [3.63, 3.8) is 0 Å². The SMILES string of the molecule is C=C(C)[C@@H]1CC[C@]2(C)[C@H](CC[C@@H]3[C@@H]([C@]4(C)CCC(C(C)(C)O)O4)CC[C@]32C)[C@@]1(C)CCC(=O)O. The number of rotatable bonds is 6. The van der Waals surface area contributed by atoms with E-state index in [9.17, 15) is 15.0 Å². The Balaban J connectivity index is 1.64. The van der Waals surface area contributed by atoms with Gasteiger partial charge in [0.1, 0.15) is 0 Å². The van der Waals surface area contributed by atoms with Gasteiger partial charge in [0.15, 0.2) is 0 Å². The van der Waals surface area contributed by atoms with Crippen molar-refractivity contribution in [2.24, 2.45) is 39.9 Å². The summed E-state index contributed by atoms with van der Waals surface area (Å²) in [5, 5.41) is 20.2. The van der Waals surface area contributed by atoms with E-state index in [0.717, 1.165) is 25.7 Å². The van der Waals surface area contributed by atoms with Crippen LogP contribution in [0.2, 0.25) is 0 Å². The second kappa shape index (κ2) is 8.33. The van der Waals surface area contributed by atoms with Crippen LogP contribution in [0.1, 0.15) is 113 Å². The molecule has 3 saturated carbocycles. The minimum atomic E-state index is -0.795. The van der Waals surface area contributed by atoms with Crippen LogP contribution in [-0.4, -0.2) is 33.5 Å². The Morgan fingerprint density at radius 3 is 2.18 bits per heavy atom. The molecule has 0 aromatic carbocycles. The van der Waals surface area contributed by atoms with Gasteiger partial charge in [-0.2, -0.15) is 0 Å². The molecule has 4 nitrogen and oxygen atoms in total. The minimum Gasteiger partial charge on any atom is -0.481 e. The molecule has 0 aromatic heterocycles. The normalized spacial score (nSPS) is 48.9. The topological polar surface area (TPSA) is 66.8 Å². The molecular formula is C30H50O4. The molecule has 4 heteroatoms. The first-order valence-corrected chi connectivity index (χ1v) is 13.9. The second-order valence-electron chi connectivity index (χ2n) is 14.2. The number of aliphatic hydroxyl groups is 1. The molecule has 0 spiro atoms. The summed E-state index contributed by atoms with van der Waals surface area (Å²) in [6.45, 7) is 20.1. The van der Waals surface area contributed by atoms with E-state index in [2.05, 4.69) is 41.2 Å². The van der Waals surface area contributed by atoms with Crippen LogP contribution < -0.4 is 0 Å². The number of carboxylic acid groups (broad SMARTS) is 1. The lowest BCUT2D eigenvalue weighted by atomic mass is 9.38. The zero-order valence-electron chi connectivity index (χ0n) is 22.9. The van der Waals surface area contributed by atoms with Crippen LogP contribution in [0.25, 0.3) is 0 Å². The van der Waals surface area contributed by atoms with E-state index < -0.39 is 11.6 Å². The maximum absolute atomic E-state index is 11.6. The number of carboxylic acids is 1. The van der Waals surface area contributed by atoms with Gasteiger partial charge in [0.2, 0.25) is 0 Å². The van der Waals surface area contributed by atoms with Crippen molar-refractivity contribution in [3.05, 3.63) is 12.2 Å². The van der Waals surface area contributed by atoms with E-state index >= 15 is 0 Å². The Morgan fingerprint density at radius 2 is 1.62 bits per heavy atom. The predicted octanol–water partition coefficient (Wildman–Crippen LogP) is 7.00. The van der Waals surface area contributed by atoms with Gasteiger partial charge in [0, 0.05) is 6.42 Å². The molecule has 0 radical (unpaired) electrons. The van der Waals surface area contributed by atoms with Crippen molar-refractivity contribution in [1.29, 1.82) is 0 Å². The van der Waals surface area contributed by atoms with E-state index in [1.54, 1.807) is 0 Å². The molecule has 0 bridgehead atoms. The molecule has 3 aliphatic carbocycles. The summed E-state index contributed by atoms with van der Waals surface area (Å²) < 4.78 is 6.69. The Kier molecular flexibility index (Phi) is 6.42. The summed E-state index contributed by atoms with van der Waals surface area (Å²) in [6.07, 6.45) is 10.0. The minimum absolute atomic E-state index is 0.0109. The average Bonchev–Trinajstić information content (AvgIpc) is 3.29. The van der Waals surface area contributed by atoms with Gasteiger partial charge in [-0.1, -0.05) is 32.9 Å². The average molecular weight is 475 g/mol. The molecule has 4 rings (SSSR count). The highest BCUT2D eigenvalue weighted by Gasteiger charge is 2.68. The number of ether oxygens (including phenoxy) is 1. The summed E-state index contributed by atoms with van der Waals surface area (Å²) >= 11 is 0. The fraction of sp³-hybridized carbons (Fsp3) is 0.900. The monoisotopic (exact) mass is 474 g/mol. The summed E-state index contributed by atoms with van der Waals surface area (Å²) in [5.41, 5.74) is 0.714. The van der Waals surface area contributed by atoms with Gasteiger partial charge in [0.25, 0.3) is 0 Å². The summed E-state index contributed by atoms with van der Waals surface area (Å²) in [4.78, 5) is 11.6. The predicted molar refractivity (Wildman–Crippen MR) is 136 cm³/mol. The maximum Gasteiger partial charge on any atom is 0.303 e. The highest BCUT2D eigenvalue weighted by atomic mass is 16.5. The molecule has 34 heavy (non-hydrogen) atoms. The van der Waals surface area contributed by atoms with Crippen LogP contribution in [0.15, 0.2) is 12.2 Å². The molecule has 4 aliphatic rings. The first-order chi connectivity index (χ1) is 15.6. The van der Waals surface area contributed by atoms with Crippen LogP contribution in [0, 0.1) is 39.9 Å². The van der Waals surface area contributed by atoms with E-state index in [1.807, 2.05) is 13.8 Å². The Labute approximate surface area is 207 Å². The van der Waals surface area contributed by atoms with Crippen molar-refractivity contribution < 1.29 is 19.7 Å². The lowest BCUT2D eigenvalue weighted by molar-refractivity contribution is -0.187. The first kappa shape index (κ1) is 26.2. The quantitative estimate of drug-likeness (QED) is 0.407. The van der Waals surface area contributed by atoms with Crippen LogP contribution >= 0.6 is 0 Å². The molecule has 4 fully saturated rings. The van der Waals surface area contributed by atoms with Crippen molar-refractivity contribution >= 4 is 5.97 Å². The van der Waals surface area contributed by atoms with Crippen LogP contribution in [0.4, 0.5) is 0 Å². The molecular weight excluding hydrogens is 424 g/mol. The lowest BCUT2D eigenvalue weighted by Crippen LogP contribution is -2.60. The Morgan fingerprint density at radius 1 is 0.971 bits per heavy atom. The third kappa shape index (κ3) is 3.81. The molecule has 1 aliphatic heterocycles. The van der Waals surface area contributed by atoms with Gasteiger partial charge in [-0.25, -0.2) is 0 Å². The maximum atomic E-state index is 11.6. The van der Waals surface area contributed by atoms with Crippen molar-refractivity contribution in [2.45, 2.75) is 130 Å². The Bertz CT molecular complexity index is 828. The highest BCUT2D eigenvalue weighted by Crippen LogP contribution is 2.74. The number of hydrogen-bond donors (Lipinski definition) is 2. The number of carbonyl (C=O) groups is 1. The molecule has 1 unspecified atom stereocenters. The highest BCUT2D eigenvalue weighted by molar-refractivity contribution is 5.66. The summed E-state index contributed by atoms with van der Waals surface area (Å²) in [6, 6.07) is 0. The standard InChI is InChI=1S/C30H50O4/c1-19(2)20-11-17-29(7)23(27(20,5)15-14-25(31)32)10-9-21-22(12-16-28(21,29)6)30(8)18-13-24(34-30)26(3,4)33/h20-24,33H,1,9-18H2,2-8H3,(H,31,32)/t20-,21+,22-,23+,24?,27-,28+,29+,30-/m0/s1. The zero-order chi connectivity index (χ0) is 25.3. The molecule has 1 saturated heterocycles. The van der Waals surface area contributed by atoms with E-state index in [4.69, 9.17) is 4.74 Å². The van der Waals surface area contributed by atoms with Gasteiger partial charge in [0.05, 0.1) is 17.3 Å². The van der Waals surface area contributed by atoms with Crippen molar-refractivity contribution in [1.82, 2.24) is 0 Å². The number of allylic oxidation sites excluding steroid dienone is 1. The lowest BCUT2D eigenvalue weighted by Gasteiger charge is -2.66. The number of hydrogen-bond acceptors (Lipinski definition) is 3. The van der Waals surface area contributed by atoms with E-state index in [-0.39, 0.29) is 34.4 Å². The first-order valence-electron chi connectivity index (χ1n) is 13.9. The number of aliphatic carboxylic acids is 1. The summed E-state index contributed by atoms with van der Waals surface area (Å²) in [5.74, 6) is 1.42. The van der Waals surface area contributed by atoms with Crippen molar-refractivity contribution in [3.8, 4) is 0 Å².